The van der Waals surface area contributed by atoms with E-state index in [1.807, 2.05) is 6.92 Å². The first kappa shape index (κ1) is 14.0. The summed E-state index contributed by atoms with van der Waals surface area (Å²) >= 11 is 3.43. The standard InChI is InChI=1S/C12H16BrNO3/c1-3-8-10(13)4-7(5-11(8)17-2)9(6-14)12(15)16/h4-5,9H,3,6,14H2,1-2H3,(H,15,16). The van der Waals surface area contributed by atoms with Gasteiger partial charge in [-0.15, -0.1) is 0 Å². The van der Waals surface area contributed by atoms with Crippen LogP contribution in [0.2, 0.25) is 0 Å². The Kier molecular flexibility index (Phi) is 4.96. The second-order valence-corrected chi connectivity index (χ2v) is 4.52. The summed E-state index contributed by atoms with van der Waals surface area (Å²) in [5.41, 5.74) is 7.16. The number of nitrogens with two attached hydrogens (primary N) is 1. The number of carboxylic acid groups (broad SMARTS) is 1. The second kappa shape index (κ2) is 6.02. The molecule has 0 aromatic heterocycles. The second-order valence-electron chi connectivity index (χ2n) is 3.66. The third kappa shape index (κ3) is 2.98. The van der Waals surface area contributed by atoms with E-state index in [-0.39, 0.29) is 6.54 Å². The number of carboxylic acids is 1. The van der Waals surface area contributed by atoms with Crippen LogP contribution in [-0.4, -0.2) is 24.7 Å². The summed E-state index contributed by atoms with van der Waals surface area (Å²) < 4.78 is 6.12. The Hall–Kier alpha value is -1.07. The minimum absolute atomic E-state index is 0.0659. The van der Waals surface area contributed by atoms with Crippen molar-refractivity contribution in [1.82, 2.24) is 0 Å². The fourth-order valence-corrected chi connectivity index (χ4v) is 2.48. The number of ether oxygens (including phenoxy) is 1. The fourth-order valence-electron chi connectivity index (χ4n) is 1.74. The first-order chi connectivity index (χ1) is 8.04. The zero-order valence-electron chi connectivity index (χ0n) is 9.87. The summed E-state index contributed by atoms with van der Waals surface area (Å²) in [7, 11) is 1.57. The van der Waals surface area contributed by atoms with Crippen LogP contribution in [0.3, 0.4) is 0 Å². The first-order valence-corrected chi connectivity index (χ1v) is 6.13. The number of aliphatic carboxylic acids is 1. The molecule has 4 nitrogen and oxygen atoms in total. The van der Waals surface area contributed by atoms with E-state index in [1.54, 1.807) is 19.2 Å². The van der Waals surface area contributed by atoms with Crippen LogP contribution in [0.15, 0.2) is 16.6 Å². The van der Waals surface area contributed by atoms with E-state index in [2.05, 4.69) is 15.9 Å². The number of benzene rings is 1. The number of hydrogen-bond donors (Lipinski definition) is 2. The van der Waals surface area contributed by atoms with Crippen LogP contribution >= 0.6 is 15.9 Å². The predicted octanol–water partition coefficient (Wildman–Crippen LogP) is 2.15. The van der Waals surface area contributed by atoms with Gasteiger partial charge in [0.25, 0.3) is 0 Å². The molecule has 0 amide bonds. The molecule has 0 radical (unpaired) electrons. The summed E-state index contributed by atoms with van der Waals surface area (Å²) in [6.45, 7) is 2.08. The molecule has 5 heteroatoms. The van der Waals surface area contributed by atoms with Crippen molar-refractivity contribution >= 4 is 21.9 Å². The van der Waals surface area contributed by atoms with Crippen LogP contribution in [0.25, 0.3) is 0 Å². The molecule has 0 fully saturated rings. The molecule has 0 aliphatic rings. The van der Waals surface area contributed by atoms with Crippen molar-refractivity contribution in [2.45, 2.75) is 19.3 Å². The zero-order valence-corrected chi connectivity index (χ0v) is 11.5. The molecular formula is C12H16BrNO3. The number of carbonyl (C=O) groups is 1. The van der Waals surface area contributed by atoms with Crippen molar-refractivity contribution in [3.05, 3.63) is 27.7 Å². The molecule has 0 bridgehead atoms. The van der Waals surface area contributed by atoms with Gasteiger partial charge in [-0.1, -0.05) is 22.9 Å². The monoisotopic (exact) mass is 301 g/mol. The van der Waals surface area contributed by atoms with Gasteiger partial charge in [0.2, 0.25) is 0 Å². The lowest BCUT2D eigenvalue weighted by Gasteiger charge is -2.15. The summed E-state index contributed by atoms with van der Waals surface area (Å²) in [6, 6.07) is 3.54. The van der Waals surface area contributed by atoms with Crippen LogP contribution in [0, 0.1) is 0 Å². The van der Waals surface area contributed by atoms with Gasteiger partial charge in [-0.2, -0.15) is 0 Å². The molecule has 0 heterocycles. The predicted molar refractivity (Wildman–Crippen MR) is 69.5 cm³/mol. The number of rotatable bonds is 5. The molecule has 1 aromatic rings. The Labute approximate surface area is 109 Å². The van der Waals surface area contributed by atoms with Gasteiger partial charge >= 0.3 is 5.97 Å². The van der Waals surface area contributed by atoms with Gasteiger partial charge in [0, 0.05) is 16.6 Å². The Bertz CT molecular complexity index is 420. The Balaban J connectivity index is 3.27. The molecule has 17 heavy (non-hydrogen) atoms. The molecule has 1 rings (SSSR count). The third-order valence-electron chi connectivity index (χ3n) is 2.69. The van der Waals surface area contributed by atoms with Gasteiger partial charge in [-0.25, -0.2) is 0 Å². The van der Waals surface area contributed by atoms with E-state index in [0.29, 0.717) is 11.3 Å². The zero-order chi connectivity index (χ0) is 13.0. The Morgan fingerprint density at radius 2 is 2.24 bits per heavy atom. The topological polar surface area (TPSA) is 72.6 Å². The quantitative estimate of drug-likeness (QED) is 0.874. The highest BCUT2D eigenvalue weighted by Crippen LogP contribution is 2.32. The largest absolute Gasteiger partial charge is 0.496 e. The average molecular weight is 302 g/mol. The van der Waals surface area contributed by atoms with Crippen molar-refractivity contribution in [3.63, 3.8) is 0 Å². The van der Waals surface area contributed by atoms with E-state index in [9.17, 15) is 4.79 Å². The van der Waals surface area contributed by atoms with E-state index >= 15 is 0 Å². The lowest BCUT2D eigenvalue weighted by molar-refractivity contribution is -0.138. The molecule has 0 spiro atoms. The van der Waals surface area contributed by atoms with Crippen molar-refractivity contribution in [3.8, 4) is 5.75 Å². The smallest absolute Gasteiger partial charge is 0.312 e. The number of hydrogen-bond acceptors (Lipinski definition) is 3. The van der Waals surface area contributed by atoms with Crippen LogP contribution in [0.4, 0.5) is 0 Å². The SMILES string of the molecule is CCc1c(Br)cc(C(CN)C(=O)O)cc1OC. The van der Waals surface area contributed by atoms with E-state index in [4.69, 9.17) is 15.6 Å². The van der Waals surface area contributed by atoms with Crippen molar-refractivity contribution in [2.24, 2.45) is 5.73 Å². The van der Waals surface area contributed by atoms with Gasteiger partial charge in [-0.05, 0) is 24.1 Å². The molecule has 1 unspecified atom stereocenters. The normalized spacial score (nSPS) is 12.2. The molecule has 0 saturated heterocycles. The highest BCUT2D eigenvalue weighted by Gasteiger charge is 2.20. The number of halogens is 1. The highest BCUT2D eigenvalue weighted by molar-refractivity contribution is 9.10. The third-order valence-corrected chi connectivity index (χ3v) is 3.39. The lowest BCUT2D eigenvalue weighted by Crippen LogP contribution is -2.21. The molecule has 0 saturated carbocycles. The minimum Gasteiger partial charge on any atom is -0.496 e. The van der Waals surface area contributed by atoms with Crippen LogP contribution < -0.4 is 10.5 Å². The number of methoxy groups -OCH3 is 1. The molecule has 0 aliphatic carbocycles. The van der Waals surface area contributed by atoms with E-state index in [0.717, 1.165) is 16.5 Å². The van der Waals surface area contributed by atoms with Crippen molar-refractivity contribution in [2.75, 3.05) is 13.7 Å². The van der Waals surface area contributed by atoms with Crippen LogP contribution in [0.1, 0.15) is 24.0 Å². The summed E-state index contributed by atoms with van der Waals surface area (Å²) in [6.07, 6.45) is 0.810. The van der Waals surface area contributed by atoms with Gasteiger partial charge in [0.05, 0.1) is 13.0 Å². The summed E-state index contributed by atoms with van der Waals surface area (Å²) in [5, 5.41) is 9.07. The van der Waals surface area contributed by atoms with Crippen LogP contribution in [-0.2, 0) is 11.2 Å². The molecular weight excluding hydrogens is 286 g/mol. The Morgan fingerprint density at radius 3 is 2.65 bits per heavy atom. The maximum absolute atomic E-state index is 11.1. The highest BCUT2D eigenvalue weighted by atomic mass is 79.9. The molecule has 94 valence electrons. The minimum atomic E-state index is -0.925. The van der Waals surface area contributed by atoms with Gasteiger partial charge in [0.15, 0.2) is 0 Å². The Morgan fingerprint density at radius 1 is 1.59 bits per heavy atom. The average Bonchev–Trinajstić information content (AvgIpc) is 2.28. The lowest BCUT2D eigenvalue weighted by atomic mass is 9.97. The maximum Gasteiger partial charge on any atom is 0.312 e. The van der Waals surface area contributed by atoms with Crippen molar-refractivity contribution in [1.29, 1.82) is 0 Å². The molecule has 3 N–H and O–H groups in total. The fraction of sp³-hybridized carbons (Fsp3) is 0.417. The maximum atomic E-state index is 11.1. The summed E-state index contributed by atoms with van der Waals surface area (Å²) in [5.74, 6) is -0.937. The van der Waals surface area contributed by atoms with Crippen LogP contribution in [0.5, 0.6) is 5.75 Å². The van der Waals surface area contributed by atoms with Gasteiger partial charge < -0.3 is 15.6 Å². The van der Waals surface area contributed by atoms with Gasteiger partial charge in [-0.3, -0.25) is 4.79 Å². The molecule has 0 aliphatic heterocycles. The van der Waals surface area contributed by atoms with E-state index in [1.165, 1.54) is 0 Å². The summed E-state index contributed by atoms with van der Waals surface area (Å²) in [4.78, 5) is 11.1. The molecule has 1 aromatic carbocycles. The molecule has 1 atom stereocenters. The van der Waals surface area contributed by atoms with Gasteiger partial charge in [0.1, 0.15) is 5.75 Å². The van der Waals surface area contributed by atoms with Crippen molar-refractivity contribution < 1.29 is 14.6 Å². The first-order valence-electron chi connectivity index (χ1n) is 5.34. The van der Waals surface area contributed by atoms with E-state index < -0.39 is 11.9 Å².